The van der Waals surface area contributed by atoms with Gasteiger partial charge in [-0.2, -0.15) is 8.42 Å². The van der Waals surface area contributed by atoms with Crippen LogP contribution >= 0.6 is 0 Å². The third-order valence-corrected chi connectivity index (χ3v) is 2.09. The Bertz CT molecular complexity index is 372. The molecule has 0 saturated carbocycles. The second-order valence-corrected chi connectivity index (χ2v) is 3.49. The number of rotatable bonds is 4. The third kappa shape index (κ3) is 3.16. The van der Waals surface area contributed by atoms with Crippen LogP contribution in [0.2, 0.25) is 0 Å². The van der Waals surface area contributed by atoms with E-state index in [4.69, 9.17) is 0 Å². The summed E-state index contributed by atoms with van der Waals surface area (Å²) in [5, 5.41) is 0. The first kappa shape index (κ1) is 9.60. The summed E-state index contributed by atoms with van der Waals surface area (Å²) in [5.74, 6) is 0. The quantitative estimate of drug-likeness (QED) is 0.748. The molecule has 0 aliphatic rings. The van der Waals surface area contributed by atoms with E-state index >= 15 is 0 Å². The molecule has 0 unspecified atom stereocenters. The predicted molar refractivity (Wildman–Crippen MR) is 50.3 cm³/mol. The highest BCUT2D eigenvalue weighted by Gasteiger charge is 2.07. The van der Waals surface area contributed by atoms with Gasteiger partial charge in [0.1, 0.15) is 6.26 Å². The van der Waals surface area contributed by atoms with Crippen LogP contribution in [0, 0.1) is 0 Å². The minimum Gasteiger partial charge on any atom is -0.375 e. The van der Waals surface area contributed by atoms with Crippen LogP contribution in [0.3, 0.4) is 0 Å². The lowest BCUT2D eigenvalue weighted by molar-refractivity contribution is 0.450. The highest BCUT2D eigenvalue weighted by Crippen LogP contribution is 2.08. The smallest absolute Gasteiger partial charge is 0.375 e. The fraction of sp³-hybridized carbons (Fsp3) is 0. The maximum Gasteiger partial charge on any atom is 0.406 e. The average Bonchev–Trinajstić information content (AvgIpc) is 2.04. The van der Waals surface area contributed by atoms with E-state index in [1.165, 1.54) is 0 Å². The predicted octanol–water partition coefficient (Wildman–Crippen LogP) is 1.50. The molecule has 1 aromatic rings. The molecule has 0 aliphatic carbocycles. The van der Waals surface area contributed by atoms with Crippen LogP contribution in [0.5, 0.6) is 0 Å². The second-order valence-electron chi connectivity index (χ2n) is 2.19. The number of nitrogens with one attached hydrogen (secondary N) is 1. The lowest BCUT2D eigenvalue weighted by atomic mass is 10.3. The molecule has 0 spiro atoms. The maximum absolute atomic E-state index is 11.0. The Balaban J connectivity index is 2.75. The summed E-state index contributed by atoms with van der Waals surface area (Å²) in [6.45, 7) is 3.15. The van der Waals surface area contributed by atoms with Gasteiger partial charge in [-0.1, -0.05) is 24.8 Å². The molecule has 0 fully saturated rings. The molecule has 0 atom stereocenters. The summed E-state index contributed by atoms with van der Waals surface area (Å²) < 4.78 is 28.4. The number of hydrogen-bond donors (Lipinski definition) is 1. The van der Waals surface area contributed by atoms with Crippen molar-refractivity contribution in [2.75, 3.05) is 4.72 Å². The van der Waals surface area contributed by atoms with Gasteiger partial charge in [-0.05, 0) is 12.1 Å². The van der Waals surface area contributed by atoms with Crippen molar-refractivity contribution < 1.29 is 12.6 Å². The van der Waals surface area contributed by atoms with Gasteiger partial charge in [0.15, 0.2) is 0 Å². The summed E-state index contributed by atoms with van der Waals surface area (Å²) in [4.78, 5) is 0. The van der Waals surface area contributed by atoms with Crippen molar-refractivity contribution in [2.45, 2.75) is 0 Å². The van der Waals surface area contributed by atoms with Crippen LogP contribution in [0.1, 0.15) is 0 Å². The molecule has 0 saturated heterocycles. The highest BCUT2D eigenvalue weighted by molar-refractivity contribution is 7.88. The fourth-order valence-electron chi connectivity index (χ4n) is 0.764. The summed E-state index contributed by atoms with van der Waals surface area (Å²) in [6, 6.07) is 8.44. The zero-order valence-corrected chi connectivity index (χ0v) is 7.62. The normalized spacial score (nSPS) is 10.5. The molecular weight excluding hydrogens is 190 g/mol. The molecule has 0 aliphatic heterocycles. The monoisotopic (exact) mass is 199 g/mol. The molecule has 0 bridgehead atoms. The van der Waals surface area contributed by atoms with E-state index in [9.17, 15) is 8.42 Å². The van der Waals surface area contributed by atoms with Crippen LogP contribution in [-0.2, 0) is 14.5 Å². The largest absolute Gasteiger partial charge is 0.406 e. The van der Waals surface area contributed by atoms with Gasteiger partial charge in [-0.3, -0.25) is 4.72 Å². The zero-order chi connectivity index (χ0) is 9.73. The van der Waals surface area contributed by atoms with Crippen LogP contribution in [0.25, 0.3) is 0 Å². The van der Waals surface area contributed by atoms with Crippen molar-refractivity contribution in [3.05, 3.63) is 43.2 Å². The molecule has 1 aromatic carbocycles. The van der Waals surface area contributed by atoms with Crippen molar-refractivity contribution in [3.8, 4) is 0 Å². The van der Waals surface area contributed by atoms with Crippen LogP contribution in [0.15, 0.2) is 43.2 Å². The number of hydrogen-bond acceptors (Lipinski definition) is 3. The Morgan fingerprint density at radius 2 is 1.92 bits per heavy atom. The molecule has 0 aromatic heterocycles. The van der Waals surface area contributed by atoms with Crippen molar-refractivity contribution >= 4 is 16.0 Å². The van der Waals surface area contributed by atoms with E-state index in [1.807, 2.05) is 0 Å². The first-order valence-electron chi connectivity index (χ1n) is 3.51. The summed E-state index contributed by atoms with van der Waals surface area (Å²) in [7, 11) is -3.75. The number of para-hydroxylation sites is 1. The standard InChI is InChI=1S/C8H9NO3S/c1-2-12-13(10,11)9-8-6-4-3-5-7-8/h2-7,9H,1H2. The fourth-order valence-corrected chi connectivity index (χ4v) is 1.42. The summed E-state index contributed by atoms with van der Waals surface area (Å²) in [6.07, 6.45) is 0.852. The van der Waals surface area contributed by atoms with E-state index in [-0.39, 0.29) is 0 Å². The van der Waals surface area contributed by atoms with Crippen LogP contribution in [0.4, 0.5) is 5.69 Å². The molecule has 1 rings (SSSR count). The first-order chi connectivity index (χ1) is 6.14. The Morgan fingerprint density at radius 3 is 2.46 bits per heavy atom. The van der Waals surface area contributed by atoms with E-state index in [0.29, 0.717) is 5.69 Å². The van der Waals surface area contributed by atoms with E-state index in [2.05, 4.69) is 15.5 Å². The Kier molecular flexibility index (Phi) is 2.92. The molecule has 70 valence electrons. The minimum atomic E-state index is -3.75. The second kappa shape index (κ2) is 3.95. The van der Waals surface area contributed by atoms with Gasteiger partial charge in [0.25, 0.3) is 0 Å². The SMILES string of the molecule is C=COS(=O)(=O)Nc1ccccc1. The van der Waals surface area contributed by atoms with Gasteiger partial charge in [0.05, 0.1) is 5.69 Å². The Morgan fingerprint density at radius 1 is 1.31 bits per heavy atom. The van der Waals surface area contributed by atoms with E-state index in [0.717, 1.165) is 6.26 Å². The molecule has 0 amide bonds. The van der Waals surface area contributed by atoms with Crippen LogP contribution < -0.4 is 4.72 Å². The van der Waals surface area contributed by atoms with Crippen LogP contribution in [-0.4, -0.2) is 8.42 Å². The molecule has 13 heavy (non-hydrogen) atoms. The number of anilines is 1. The average molecular weight is 199 g/mol. The molecule has 0 radical (unpaired) electrons. The lowest BCUT2D eigenvalue weighted by Crippen LogP contribution is -2.12. The summed E-state index contributed by atoms with van der Waals surface area (Å²) >= 11 is 0. The van der Waals surface area contributed by atoms with Crippen molar-refractivity contribution in [2.24, 2.45) is 0 Å². The minimum absolute atomic E-state index is 0.448. The maximum atomic E-state index is 11.0. The molecular formula is C8H9NO3S. The first-order valence-corrected chi connectivity index (χ1v) is 4.92. The van der Waals surface area contributed by atoms with Gasteiger partial charge in [0, 0.05) is 0 Å². The van der Waals surface area contributed by atoms with Crippen molar-refractivity contribution in [1.29, 1.82) is 0 Å². The molecule has 1 N–H and O–H groups in total. The van der Waals surface area contributed by atoms with Crippen molar-refractivity contribution in [1.82, 2.24) is 0 Å². The topological polar surface area (TPSA) is 55.4 Å². The molecule has 0 heterocycles. The van der Waals surface area contributed by atoms with Gasteiger partial charge in [-0.15, -0.1) is 0 Å². The van der Waals surface area contributed by atoms with Gasteiger partial charge < -0.3 is 4.18 Å². The molecule has 5 heteroatoms. The van der Waals surface area contributed by atoms with E-state index in [1.54, 1.807) is 30.3 Å². The third-order valence-electron chi connectivity index (χ3n) is 1.21. The lowest BCUT2D eigenvalue weighted by Gasteiger charge is -2.04. The Hall–Kier alpha value is -1.49. The van der Waals surface area contributed by atoms with E-state index < -0.39 is 10.3 Å². The highest BCUT2D eigenvalue weighted by atomic mass is 32.2. The van der Waals surface area contributed by atoms with Gasteiger partial charge in [-0.25, -0.2) is 0 Å². The Labute approximate surface area is 77.1 Å². The zero-order valence-electron chi connectivity index (χ0n) is 6.80. The van der Waals surface area contributed by atoms with Gasteiger partial charge in [0.2, 0.25) is 0 Å². The van der Waals surface area contributed by atoms with Gasteiger partial charge >= 0.3 is 10.3 Å². The van der Waals surface area contributed by atoms with Crippen molar-refractivity contribution in [3.63, 3.8) is 0 Å². The number of benzene rings is 1. The molecule has 4 nitrogen and oxygen atoms in total. The summed E-state index contributed by atoms with van der Waals surface area (Å²) in [5.41, 5.74) is 0.448.